The highest BCUT2D eigenvalue weighted by Crippen LogP contribution is 2.29. The highest BCUT2D eigenvalue weighted by molar-refractivity contribution is 5.31. The van der Waals surface area contributed by atoms with Gasteiger partial charge >= 0.3 is 0 Å². The van der Waals surface area contributed by atoms with Gasteiger partial charge in [0.05, 0.1) is 6.10 Å². The van der Waals surface area contributed by atoms with E-state index in [-0.39, 0.29) is 18.0 Å². The van der Waals surface area contributed by atoms with Gasteiger partial charge in [-0.15, -0.1) is 0 Å². The van der Waals surface area contributed by atoms with Crippen LogP contribution in [0.15, 0.2) is 18.2 Å². The van der Waals surface area contributed by atoms with Crippen molar-refractivity contribution in [1.82, 2.24) is 5.32 Å². The molecule has 1 aliphatic rings. The van der Waals surface area contributed by atoms with Gasteiger partial charge in [-0.25, -0.2) is 4.39 Å². The van der Waals surface area contributed by atoms with Gasteiger partial charge < -0.3 is 10.1 Å². The minimum Gasteiger partial charge on any atom is -0.487 e. The molecule has 0 spiro atoms. The smallest absolute Gasteiger partial charge is 0.165 e. The second-order valence-corrected chi connectivity index (χ2v) is 5.70. The van der Waals surface area contributed by atoms with Crippen molar-refractivity contribution >= 4 is 0 Å². The number of hydrogen-bond acceptors (Lipinski definition) is 2. The molecular formula is C16H24FNO. The number of benzene rings is 1. The molecule has 1 unspecified atom stereocenters. The Kier molecular flexibility index (Phi) is 4.81. The predicted octanol–water partition coefficient (Wildman–Crippen LogP) is 4.06. The van der Waals surface area contributed by atoms with Gasteiger partial charge in [-0.05, 0) is 63.3 Å². The molecule has 0 amide bonds. The molecule has 2 nitrogen and oxygen atoms in total. The molecule has 1 N–H and O–H groups in total. The molecule has 0 radical (unpaired) electrons. The van der Waals surface area contributed by atoms with Gasteiger partial charge in [0.15, 0.2) is 11.6 Å². The molecule has 1 aromatic rings. The molecule has 0 aliphatic heterocycles. The summed E-state index contributed by atoms with van der Waals surface area (Å²) in [7, 11) is 1.87. The van der Waals surface area contributed by atoms with Crippen molar-refractivity contribution < 1.29 is 9.13 Å². The normalized spacial score (nSPS) is 25.1. The molecule has 2 rings (SSSR count). The van der Waals surface area contributed by atoms with Crippen molar-refractivity contribution in [2.75, 3.05) is 7.05 Å². The van der Waals surface area contributed by atoms with E-state index in [2.05, 4.69) is 12.2 Å². The molecule has 1 aliphatic carbocycles. The van der Waals surface area contributed by atoms with Gasteiger partial charge in [0, 0.05) is 6.04 Å². The zero-order valence-electron chi connectivity index (χ0n) is 12.1. The van der Waals surface area contributed by atoms with Crippen LogP contribution < -0.4 is 10.1 Å². The number of halogens is 1. The fourth-order valence-corrected chi connectivity index (χ4v) is 2.58. The number of rotatable bonds is 4. The Balaban J connectivity index is 2.01. The molecule has 0 heterocycles. The van der Waals surface area contributed by atoms with Crippen LogP contribution >= 0.6 is 0 Å². The van der Waals surface area contributed by atoms with Crippen molar-refractivity contribution in [3.63, 3.8) is 0 Å². The van der Waals surface area contributed by atoms with Gasteiger partial charge in [-0.1, -0.05) is 13.0 Å². The standard InChI is InChI=1S/C16H24FNO/c1-11-4-7-14(8-5-11)19-16-9-6-13(10-15(16)17)12(2)18-3/h6,9-12,14,18H,4-5,7-8H2,1-3H3. The van der Waals surface area contributed by atoms with E-state index in [0.717, 1.165) is 24.3 Å². The third-order valence-corrected chi connectivity index (χ3v) is 4.15. The summed E-state index contributed by atoms with van der Waals surface area (Å²) in [6, 6.07) is 5.42. The van der Waals surface area contributed by atoms with Crippen molar-refractivity contribution in [3.05, 3.63) is 29.6 Å². The second kappa shape index (κ2) is 6.38. The summed E-state index contributed by atoms with van der Waals surface area (Å²) in [5, 5.41) is 3.11. The molecule has 3 heteroatoms. The lowest BCUT2D eigenvalue weighted by Crippen LogP contribution is -2.23. The number of hydrogen-bond donors (Lipinski definition) is 1. The summed E-state index contributed by atoms with van der Waals surface area (Å²) in [6.07, 6.45) is 4.62. The van der Waals surface area contributed by atoms with Crippen LogP contribution in [-0.4, -0.2) is 13.2 Å². The maximum absolute atomic E-state index is 14.0. The zero-order chi connectivity index (χ0) is 13.8. The Morgan fingerprint density at radius 3 is 2.53 bits per heavy atom. The lowest BCUT2D eigenvalue weighted by Gasteiger charge is -2.27. The van der Waals surface area contributed by atoms with Crippen LogP contribution in [0.1, 0.15) is 51.1 Å². The summed E-state index contributed by atoms with van der Waals surface area (Å²) < 4.78 is 19.8. The fraction of sp³-hybridized carbons (Fsp3) is 0.625. The van der Waals surface area contributed by atoms with Crippen LogP contribution in [0, 0.1) is 11.7 Å². The van der Waals surface area contributed by atoms with E-state index in [1.807, 2.05) is 20.0 Å². The monoisotopic (exact) mass is 265 g/mol. The summed E-state index contributed by atoms with van der Waals surface area (Å²) in [5.41, 5.74) is 0.949. The summed E-state index contributed by atoms with van der Waals surface area (Å²) in [6.45, 7) is 4.28. The zero-order valence-corrected chi connectivity index (χ0v) is 12.1. The van der Waals surface area contributed by atoms with Crippen LogP contribution in [-0.2, 0) is 0 Å². The molecule has 0 saturated heterocycles. The molecule has 1 aromatic carbocycles. The lowest BCUT2D eigenvalue weighted by molar-refractivity contribution is 0.130. The van der Waals surface area contributed by atoms with E-state index in [9.17, 15) is 4.39 Å². The molecule has 0 bridgehead atoms. The van der Waals surface area contributed by atoms with Crippen molar-refractivity contribution in [2.24, 2.45) is 5.92 Å². The molecular weight excluding hydrogens is 241 g/mol. The lowest BCUT2D eigenvalue weighted by atomic mass is 9.89. The largest absolute Gasteiger partial charge is 0.487 e. The Morgan fingerprint density at radius 1 is 1.26 bits per heavy atom. The van der Waals surface area contributed by atoms with E-state index >= 15 is 0 Å². The minimum absolute atomic E-state index is 0.152. The quantitative estimate of drug-likeness (QED) is 0.886. The molecule has 106 valence electrons. The predicted molar refractivity (Wildman–Crippen MR) is 75.9 cm³/mol. The average Bonchev–Trinajstić information content (AvgIpc) is 2.42. The minimum atomic E-state index is -0.252. The first-order chi connectivity index (χ1) is 9.10. The first-order valence-electron chi connectivity index (χ1n) is 7.23. The molecule has 1 atom stereocenters. The Bertz CT molecular complexity index is 413. The van der Waals surface area contributed by atoms with Crippen LogP contribution in [0.3, 0.4) is 0 Å². The van der Waals surface area contributed by atoms with Crippen LogP contribution in [0.25, 0.3) is 0 Å². The first-order valence-corrected chi connectivity index (χ1v) is 7.23. The van der Waals surface area contributed by atoms with Gasteiger partial charge in [0.25, 0.3) is 0 Å². The van der Waals surface area contributed by atoms with Crippen LogP contribution in [0.4, 0.5) is 4.39 Å². The SMILES string of the molecule is CNC(C)c1ccc(OC2CCC(C)CC2)c(F)c1. The van der Waals surface area contributed by atoms with Gasteiger partial charge in [-0.2, -0.15) is 0 Å². The Hall–Kier alpha value is -1.09. The van der Waals surface area contributed by atoms with Crippen LogP contribution in [0.5, 0.6) is 5.75 Å². The van der Waals surface area contributed by atoms with Crippen molar-refractivity contribution in [2.45, 2.75) is 51.7 Å². The van der Waals surface area contributed by atoms with E-state index in [1.165, 1.54) is 12.8 Å². The van der Waals surface area contributed by atoms with Crippen molar-refractivity contribution in [1.29, 1.82) is 0 Å². The highest BCUT2D eigenvalue weighted by Gasteiger charge is 2.20. The molecule has 1 fully saturated rings. The number of ether oxygens (including phenoxy) is 1. The Morgan fingerprint density at radius 2 is 1.95 bits per heavy atom. The van der Waals surface area contributed by atoms with E-state index < -0.39 is 0 Å². The summed E-state index contributed by atoms with van der Waals surface area (Å²) >= 11 is 0. The molecule has 0 aromatic heterocycles. The average molecular weight is 265 g/mol. The summed E-state index contributed by atoms with van der Waals surface area (Å²) in [5.74, 6) is 0.924. The summed E-state index contributed by atoms with van der Waals surface area (Å²) in [4.78, 5) is 0. The third kappa shape index (κ3) is 3.69. The third-order valence-electron chi connectivity index (χ3n) is 4.15. The van der Waals surface area contributed by atoms with E-state index in [1.54, 1.807) is 12.1 Å². The van der Waals surface area contributed by atoms with Gasteiger partial charge in [0.1, 0.15) is 0 Å². The Labute approximate surface area is 115 Å². The molecule has 19 heavy (non-hydrogen) atoms. The van der Waals surface area contributed by atoms with Gasteiger partial charge in [-0.3, -0.25) is 0 Å². The topological polar surface area (TPSA) is 21.3 Å². The van der Waals surface area contributed by atoms with Gasteiger partial charge in [0.2, 0.25) is 0 Å². The highest BCUT2D eigenvalue weighted by atomic mass is 19.1. The fourth-order valence-electron chi connectivity index (χ4n) is 2.58. The van der Waals surface area contributed by atoms with Crippen LogP contribution in [0.2, 0.25) is 0 Å². The number of nitrogens with one attached hydrogen (secondary N) is 1. The second-order valence-electron chi connectivity index (χ2n) is 5.70. The van der Waals surface area contributed by atoms with E-state index in [0.29, 0.717) is 5.75 Å². The first kappa shape index (κ1) is 14.3. The molecule has 1 saturated carbocycles. The maximum atomic E-state index is 14.0. The van der Waals surface area contributed by atoms with E-state index in [4.69, 9.17) is 4.74 Å². The maximum Gasteiger partial charge on any atom is 0.165 e. The van der Waals surface area contributed by atoms with Crippen molar-refractivity contribution in [3.8, 4) is 5.75 Å².